The SMILES string of the molecule is Nn1cnc2c(OCc3ccccc3)nc3ccccc3c21. The third kappa shape index (κ3) is 2.03. The predicted octanol–water partition coefficient (Wildman–Crippen LogP) is 2.88. The summed E-state index contributed by atoms with van der Waals surface area (Å²) in [7, 11) is 0. The van der Waals surface area contributed by atoms with E-state index in [4.69, 9.17) is 10.6 Å². The molecule has 0 aliphatic rings. The van der Waals surface area contributed by atoms with Crippen LogP contribution >= 0.6 is 0 Å². The molecule has 0 unspecified atom stereocenters. The summed E-state index contributed by atoms with van der Waals surface area (Å²) >= 11 is 0. The minimum atomic E-state index is 0.443. The third-order valence-electron chi connectivity index (χ3n) is 3.60. The number of aromatic nitrogens is 3. The van der Waals surface area contributed by atoms with Gasteiger partial charge in [0.1, 0.15) is 18.5 Å². The molecule has 0 atom stereocenters. The predicted molar refractivity (Wildman–Crippen MR) is 86.0 cm³/mol. The van der Waals surface area contributed by atoms with Gasteiger partial charge in [-0.2, -0.15) is 0 Å². The standard InChI is InChI=1S/C17H14N4O/c18-21-11-19-15-16(21)13-8-4-5-9-14(13)20-17(15)22-10-12-6-2-1-3-7-12/h1-9,11H,10,18H2. The lowest BCUT2D eigenvalue weighted by molar-refractivity contribution is 0.298. The summed E-state index contributed by atoms with van der Waals surface area (Å²) in [5, 5.41) is 0.963. The lowest BCUT2D eigenvalue weighted by atomic mass is 10.2. The van der Waals surface area contributed by atoms with Crippen molar-refractivity contribution >= 4 is 21.9 Å². The molecular weight excluding hydrogens is 276 g/mol. The zero-order chi connectivity index (χ0) is 14.9. The number of nitrogens with two attached hydrogens (primary N) is 1. The summed E-state index contributed by atoms with van der Waals surface area (Å²) in [6, 6.07) is 17.8. The van der Waals surface area contributed by atoms with Crippen molar-refractivity contribution in [2.24, 2.45) is 0 Å². The Bertz CT molecular complexity index is 947. The molecule has 0 aliphatic heterocycles. The van der Waals surface area contributed by atoms with Gasteiger partial charge in [0.25, 0.3) is 0 Å². The average Bonchev–Trinajstić information content (AvgIpc) is 2.96. The summed E-state index contributed by atoms with van der Waals surface area (Å²) in [5.74, 6) is 6.49. The number of pyridine rings is 1. The van der Waals surface area contributed by atoms with E-state index in [1.54, 1.807) is 6.33 Å². The summed E-state index contributed by atoms with van der Waals surface area (Å²) in [4.78, 5) is 8.91. The number of hydrogen-bond donors (Lipinski definition) is 1. The van der Waals surface area contributed by atoms with Crippen LogP contribution in [0.2, 0.25) is 0 Å². The van der Waals surface area contributed by atoms with Gasteiger partial charge in [-0.05, 0) is 11.6 Å². The molecule has 2 N–H and O–H groups in total. The number of hydrogen-bond acceptors (Lipinski definition) is 4. The lowest BCUT2D eigenvalue weighted by Gasteiger charge is -2.08. The van der Waals surface area contributed by atoms with E-state index >= 15 is 0 Å². The second kappa shape index (κ2) is 5.04. The monoisotopic (exact) mass is 290 g/mol. The maximum absolute atomic E-state index is 5.99. The Morgan fingerprint density at radius 3 is 2.64 bits per heavy atom. The molecule has 0 fully saturated rings. The van der Waals surface area contributed by atoms with E-state index in [-0.39, 0.29) is 0 Å². The van der Waals surface area contributed by atoms with Crippen molar-refractivity contribution < 1.29 is 4.74 Å². The number of rotatable bonds is 3. The van der Waals surface area contributed by atoms with Crippen molar-refractivity contribution in [3.63, 3.8) is 0 Å². The van der Waals surface area contributed by atoms with Crippen molar-refractivity contribution in [3.8, 4) is 5.88 Å². The van der Waals surface area contributed by atoms with Crippen LogP contribution in [-0.4, -0.2) is 14.6 Å². The van der Waals surface area contributed by atoms with Gasteiger partial charge < -0.3 is 10.6 Å². The summed E-state index contributed by atoms with van der Waals surface area (Å²) in [6.07, 6.45) is 1.58. The maximum atomic E-state index is 5.99. The van der Waals surface area contributed by atoms with Crippen LogP contribution in [0, 0.1) is 0 Å². The number of ether oxygens (including phenoxy) is 1. The first-order chi connectivity index (χ1) is 10.8. The zero-order valence-corrected chi connectivity index (χ0v) is 11.8. The molecule has 108 valence electrons. The van der Waals surface area contributed by atoms with Gasteiger partial charge in [-0.25, -0.2) is 14.6 Å². The number of fused-ring (bicyclic) bond motifs is 3. The Morgan fingerprint density at radius 1 is 1.00 bits per heavy atom. The first-order valence-corrected chi connectivity index (χ1v) is 7.00. The van der Waals surface area contributed by atoms with Crippen LogP contribution in [0.1, 0.15) is 5.56 Å². The van der Waals surface area contributed by atoms with Crippen molar-refractivity contribution in [2.75, 3.05) is 5.84 Å². The minimum Gasteiger partial charge on any atom is -0.471 e. The Hall–Kier alpha value is -3.08. The van der Waals surface area contributed by atoms with Crippen LogP contribution in [0.5, 0.6) is 5.88 Å². The second-order valence-electron chi connectivity index (χ2n) is 5.06. The highest BCUT2D eigenvalue weighted by Crippen LogP contribution is 2.29. The largest absolute Gasteiger partial charge is 0.471 e. The van der Waals surface area contributed by atoms with E-state index < -0.39 is 0 Å². The van der Waals surface area contributed by atoms with E-state index in [9.17, 15) is 0 Å². The number of nitrogen functional groups attached to an aromatic ring is 1. The van der Waals surface area contributed by atoms with Crippen LogP contribution in [0.4, 0.5) is 0 Å². The van der Waals surface area contributed by atoms with E-state index in [1.165, 1.54) is 4.68 Å². The van der Waals surface area contributed by atoms with Crippen molar-refractivity contribution in [3.05, 3.63) is 66.5 Å². The maximum Gasteiger partial charge on any atom is 0.243 e. The molecule has 0 aliphatic carbocycles. The Kier molecular flexibility index (Phi) is 2.89. The first kappa shape index (κ1) is 12.6. The highest BCUT2D eigenvalue weighted by molar-refractivity contribution is 6.04. The minimum absolute atomic E-state index is 0.443. The van der Waals surface area contributed by atoms with Crippen LogP contribution in [0.3, 0.4) is 0 Å². The topological polar surface area (TPSA) is 66.0 Å². The van der Waals surface area contributed by atoms with Crippen molar-refractivity contribution in [1.29, 1.82) is 0 Å². The van der Waals surface area contributed by atoms with Gasteiger partial charge in [-0.1, -0.05) is 48.5 Å². The molecular formula is C17H14N4O. The van der Waals surface area contributed by atoms with Crippen molar-refractivity contribution in [2.45, 2.75) is 6.61 Å². The van der Waals surface area contributed by atoms with E-state index in [2.05, 4.69) is 9.97 Å². The molecule has 0 saturated carbocycles. The molecule has 0 saturated heterocycles. The van der Waals surface area contributed by atoms with Gasteiger partial charge in [0, 0.05) is 5.39 Å². The molecule has 4 aromatic rings. The summed E-state index contributed by atoms with van der Waals surface area (Å²) < 4.78 is 7.39. The summed E-state index contributed by atoms with van der Waals surface area (Å²) in [5.41, 5.74) is 3.42. The Labute approximate surface area is 126 Å². The quantitative estimate of drug-likeness (QED) is 0.589. The van der Waals surface area contributed by atoms with Crippen LogP contribution in [-0.2, 0) is 6.61 Å². The molecule has 0 spiro atoms. The molecule has 4 rings (SSSR count). The number of para-hydroxylation sites is 1. The van der Waals surface area contributed by atoms with E-state index in [1.807, 2.05) is 54.6 Å². The van der Waals surface area contributed by atoms with Gasteiger partial charge >= 0.3 is 0 Å². The molecule has 0 amide bonds. The normalized spacial score (nSPS) is 11.1. The van der Waals surface area contributed by atoms with Crippen molar-refractivity contribution in [1.82, 2.24) is 14.6 Å². The molecule has 2 heterocycles. The molecule has 5 nitrogen and oxygen atoms in total. The van der Waals surface area contributed by atoms with Crippen LogP contribution < -0.4 is 10.6 Å². The third-order valence-corrected chi connectivity index (χ3v) is 3.60. The van der Waals surface area contributed by atoms with Crippen LogP contribution in [0.15, 0.2) is 60.9 Å². The Balaban J connectivity index is 1.82. The highest BCUT2D eigenvalue weighted by atomic mass is 16.5. The fourth-order valence-electron chi connectivity index (χ4n) is 2.54. The summed E-state index contributed by atoms with van der Waals surface area (Å²) in [6.45, 7) is 0.443. The molecule has 22 heavy (non-hydrogen) atoms. The second-order valence-corrected chi connectivity index (χ2v) is 5.06. The zero-order valence-electron chi connectivity index (χ0n) is 11.8. The van der Waals surface area contributed by atoms with Gasteiger partial charge in [-0.3, -0.25) is 0 Å². The fraction of sp³-hybridized carbons (Fsp3) is 0.0588. The fourth-order valence-corrected chi connectivity index (χ4v) is 2.54. The average molecular weight is 290 g/mol. The smallest absolute Gasteiger partial charge is 0.243 e. The van der Waals surface area contributed by atoms with E-state index in [0.717, 1.165) is 22.0 Å². The highest BCUT2D eigenvalue weighted by Gasteiger charge is 2.14. The lowest BCUT2D eigenvalue weighted by Crippen LogP contribution is -2.06. The first-order valence-electron chi connectivity index (χ1n) is 7.00. The van der Waals surface area contributed by atoms with Gasteiger partial charge in [0.15, 0.2) is 5.52 Å². The van der Waals surface area contributed by atoms with Gasteiger partial charge in [0.2, 0.25) is 5.88 Å². The number of nitrogens with zero attached hydrogens (tertiary/aromatic N) is 3. The number of benzene rings is 2. The molecule has 5 heteroatoms. The molecule has 2 aromatic carbocycles. The van der Waals surface area contributed by atoms with Gasteiger partial charge in [0.05, 0.1) is 5.52 Å². The van der Waals surface area contributed by atoms with Gasteiger partial charge in [-0.15, -0.1) is 0 Å². The molecule has 0 bridgehead atoms. The number of imidazole rings is 1. The van der Waals surface area contributed by atoms with E-state index in [0.29, 0.717) is 18.0 Å². The molecule has 2 aromatic heterocycles. The molecule has 0 radical (unpaired) electrons. The van der Waals surface area contributed by atoms with Crippen LogP contribution in [0.25, 0.3) is 21.9 Å². The Morgan fingerprint density at radius 2 is 1.77 bits per heavy atom.